The average molecular weight is 214 g/mol. The minimum absolute atomic E-state index is 0.148. The minimum atomic E-state index is -1.67. The first kappa shape index (κ1) is 13.2. The molecular formula is C10H18O3Si. The third kappa shape index (κ3) is 6.69. The second-order valence-electron chi connectivity index (χ2n) is 3.91. The summed E-state index contributed by atoms with van der Waals surface area (Å²) in [7, 11) is -1.67. The first-order chi connectivity index (χ1) is 6.37. The van der Waals surface area contributed by atoms with Gasteiger partial charge < -0.3 is 9.16 Å². The molecule has 1 atom stereocenters. The Labute approximate surface area is 86.9 Å². The molecule has 3 nitrogen and oxygen atoms in total. The highest BCUT2D eigenvalue weighted by Gasteiger charge is 2.23. The van der Waals surface area contributed by atoms with Gasteiger partial charge in [-0.15, -0.1) is 5.92 Å². The van der Waals surface area contributed by atoms with E-state index in [2.05, 4.69) is 11.8 Å². The van der Waals surface area contributed by atoms with Crippen molar-refractivity contribution in [3.05, 3.63) is 0 Å². The van der Waals surface area contributed by atoms with Crippen LogP contribution in [-0.4, -0.2) is 27.0 Å². The summed E-state index contributed by atoms with van der Waals surface area (Å²) in [6.45, 7) is 9.65. The van der Waals surface area contributed by atoms with E-state index in [1.807, 2.05) is 19.6 Å². The molecule has 1 unspecified atom stereocenters. The van der Waals surface area contributed by atoms with Crippen LogP contribution in [0.3, 0.4) is 0 Å². The van der Waals surface area contributed by atoms with Crippen LogP contribution in [0.5, 0.6) is 0 Å². The van der Waals surface area contributed by atoms with Crippen molar-refractivity contribution in [2.24, 2.45) is 0 Å². The van der Waals surface area contributed by atoms with Gasteiger partial charge in [-0.2, -0.15) is 0 Å². The number of ether oxygens (including phenoxy) is 1. The SMILES string of the molecule is CC#CCOC(=O)C(C)O[Si](C)(C)C. The second kappa shape index (κ2) is 5.84. The van der Waals surface area contributed by atoms with E-state index in [1.54, 1.807) is 13.8 Å². The van der Waals surface area contributed by atoms with Gasteiger partial charge in [-0.05, 0) is 33.5 Å². The van der Waals surface area contributed by atoms with Gasteiger partial charge in [-0.1, -0.05) is 5.92 Å². The Hall–Kier alpha value is -0.793. The highest BCUT2D eigenvalue weighted by atomic mass is 28.4. The number of carbonyl (C=O) groups is 1. The smallest absolute Gasteiger partial charge is 0.334 e. The zero-order chi connectivity index (χ0) is 11.2. The van der Waals surface area contributed by atoms with Crippen LogP contribution in [0, 0.1) is 11.8 Å². The summed E-state index contributed by atoms with van der Waals surface area (Å²) >= 11 is 0. The Bertz CT molecular complexity index is 244. The van der Waals surface area contributed by atoms with Crippen molar-refractivity contribution in [3.8, 4) is 11.8 Å². The van der Waals surface area contributed by atoms with Gasteiger partial charge in [0.25, 0.3) is 0 Å². The Morgan fingerprint density at radius 3 is 2.43 bits per heavy atom. The van der Waals surface area contributed by atoms with Gasteiger partial charge in [0.2, 0.25) is 0 Å². The van der Waals surface area contributed by atoms with Crippen LogP contribution >= 0.6 is 0 Å². The van der Waals surface area contributed by atoms with Crippen molar-refractivity contribution in [1.82, 2.24) is 0 Å². The highest BCUT2D eigenvalue weighted by Crippen LogP contribution is 2.07. The van der Waals surface area contributed by atoms with Gasteiger partial charge in [0.15, 0.2) is 14.9 Å². The molecule has 0 N–H and O–H groups in total. The van der Waals surface area contributed by atoms with Gasteiger partial charge in [-0.3, -0.25) is 0 Å². The lowest BCUT2D eigenvalue weighted by Crippen LogP contribution is -2.35. The predicted molar refractivity (Wildman–Crippen MR) is 58.3 cm³/mol. The summed E-state index contributed by atoms with van der Waals surface area (Å²) in [5, 5.41) is 0. The molecule has 0 aromatic heterocycles. The van der Waals surface area contributed by atoms with Gasteiger partial charge in [0.1, 0.15) is 6.10 Å². The van der Waals surface area contributed by atoms with Crippen LogP contribution in [0.25, 0.3) is 0 Å². The average Bonchev–Trinajstić information content (AvgIpc) is 2.01. The van der Waals surface area contributed by atoms with E-state index in [9.17, 15) is 4.79 Å². The molecule has 0 aromatic rings. The minimum Gasteiger partial charge on any atom is -0.451 e. The van der Waals surface area contributed by atoms with Crippen LogP contribution < -0.4 is 0 Å². The van der Waals surface area contributed by atoms with E-state index in [4.69, 9.17) is 9.16 Å². The predicted octanol–water partition coefficient (Wildman–Crippen LogP) is 1.79. The second-order valence-corrected chi connectivity index (χ2v) is 8.37. The summed E-state index contributed by atoms with van der Waals surface area (Å²) in [5.41, 5.74) is 0. The maximum atomic E-state index is 11.3. The van der Waals surface area contributed by atoms with Crippen LogP contribution in [-0.2, 0) is 14.0 Å². The first-order valence-corrected chi connectivity index (χ1v) is 8.01. The fourth-order valence-corrected chi connectivity index (χ4v) is 2.03. The van der Waals surface area contributed by atoms with Crippen LogP contribution in [0.15, 0.2) is 0 Å². The lowest BCUT2D eigenvalue weighted by atomic mass is 10.4. The number of carbonyl (C=O) groups excluding carboxylic acids is 1. The Morgan fingerprint density at radius 2 is 2.00 bits per heavy atom. The molecule has 0 bridgehead atoms. The molecule has 0 aromatic carbocycles. The van der Waals surface area contributed by atoms with Gasteiger partial charge in [-0.25, -0.2) is 4.79 Å². The zero-order valence-corrected chi connectivity index (χ0v) is 10.5. The summed E-state index contributed by atoms with van der Waals surface area (Å²) < 4.78 is 10.4. The van der Waals surface area contributed by atoms with Crippen LogP contribution in [0.2, 0.25) is 19.6 Å². The van der Waals surface area contributed by atoms with E-state index < -0.39 is 14.4 Å². The molecule has 0 aliphatic carbocycles. The topological polar surface area (TPSA) is 35.5 Å². The van der Waals surface area contributed by atoms with Crippen LogP contribution in [0.1, 0.15) is 13.8 Å². The van der Waals surface area contributed by atoms with E-state index >= 15 is 0 Å². The summed E-state index contributed by atoms with van der Waals surface area (Å²) in [6, 6.07) is 0. The molecule has 0 saturated carbocycles. The molecule has 80 valence electrons. The fraction of sp³-hybridized carbons (Fsp3) is 0.700. The van der Waals surface area contributed by atoms with Crippen molar-refractivity contribution < 1.29 is 14.0 Å². The zero-order valence-electron chi connectivity index (χ0n) is 9.51. The molecule has 0 amide bonds. The standard InChI is InChI=1S/C10H18O3Si/c1-6-7-8-12-10(11)9(2)13-14(3,4)5/h9H,8H2,1-5H3. The Kier molecular flexibility index (Phi) is 5.51. The quantitative estimate of drug-likeness (QED) is 0.406. The van der Waals surface area contributed by atoms with Gasteiger partial charge >= 0.3 is 5.97 Å². The summed E-state index contributed by atoms with van der Waals surface area (Å²) in [5.74, 6) is 4.97. The molecule has 0 radical (unpaired) electrons. The van der Waals surface area contributed by atoms with Gasteiger partial charge in [0, 0.05) is 0 Å². The fourth-order valence-electron chi connectivity index (χ4n) is 0.875. The largest absolute Gasteiger partial charge is 0.451 e. The third-order valence-corrected chi connectivity index (χ3v) is 2.39. The normalized spacial score (nSPS) is 12.6. The van der Waals surface area contributed by atoms with E-state index in [-0.39, 0.29) is 12.6 Å². The molecule has 0 rings (SSSR count). The Morgan fingerprint density at radius 1 is 1.43 bits per heavy atom. The monoisotopic (exact) mass is 214 g/mol. The van der Waals surface area contributed by atoms with E-state index in [0.29, 0.717) is 0 Å². The molecule has 0 saturated heterocycles. The number of esters is 1. The maximum absolute atomic E-state index is 11.3. The van der Waals surface area contributed by atoms with Gasteiger partial charge in [0.05, 0.1) is 0 Å². The van der Waals surface area contributed by atoms with Crippen LogP contribution in [0.4, 0.5) is 0 Å². The number of rotatable bonds is 4. The van der Waals surface area contributed by atoms with Crippen molar-refractivity contribution in [3.63, 3.8) is 0 Å². The van der Waals surface area contributed by atoms with Crippen molar-refractivity contribution in [2.45, 2.75) is 39.6 Å². The molecule has 0 aliphatic heterocycles. The maximum Gasteiger partial charge on any atom is 0.334 e. The number of hydrogen-bond acceptors (Lipinski definition) is 3. The highest BCUT2D eigenvalue weighted by molar-refractivity contribution is 6.69. The van der Waals surface area contributed by atoms with E-state index in [1.165, 1.54) is 0 Å². The van der Waals surface area contributed by atoms with Crippen molar-refractivity contribution in [2.75, 3.05) is 6.61 Å². The Balaban J connectivity index is 3.92. The van der Waals surface area contributed by atoms with Crippen molar-refractivity contribution >= 4 is 14.3 Å². The molecular weight excluding hydrogens is 196 g/mol. The van der Waals surface area contributed by atoms with Crippen molar-refractivity contribution in [1.29, 1.82) is 0 Å². The lowest BCUT2D eigenvalue weighted by Gasteiger charge is -2.21. The lowest BCUT2D eigenvalue weighted by molar-refractivity contribution is -0.149. The molecule has 14 heavy (non-hydrogen) atoms. The molecule has 0 fully saturated rings. The van der Waals surface area contributed by atoms with E-state index in [0.717, 1.165) is 0 Å². The molecule has 0 spiro atoms. The third-order valence-electron chi connectivity index (χ3n) is 1.33. The first-order valence-electron chi connectivity index (χ1n) is 4.61. The molecule has 0 heterocycles. The summed E-state index contributed by atoms with van der Waals surface area (Å²) in [6.07, 6.45) is -0.486. The molecule has 0 aliphatic rings. The molecule has 4 heteroatoms. The summed E-state index contributed by atoms with van der Waals surface area (Å²) in [4.78, 5) is 11.3. The number of hydrogen-bond donors (Lipinski definition) is 0.